The lowest BCUT2D eigenvalue weighted by Crippen LogP contribution is -3.12. The number of benzene rings is 2. The summed E-state index contributed by atoms with van der Waals surface area (Å²) >= 11 is 1.27. The fourth-order valence-corrected chi connectivity index (χ4v) is 6.35. The Hall–Kier alpha value is -4.41. The van der Waals surface area contributed by atoms with Gasteiger partial charge in [0.2, 0.25) is 0 Å². The molecular weight excluding hydrogens is 552 g/mol. The Labute approximate surface area is 247 Å². The minimum absolute atomic E-state index is 0.194. The number of carbonyl (C=O) groups is 1. The fraction of sp³-hybridized carbons (Fsp3) is 0.281. The third kappa shape index (κ3) is 5.31. The van der Waals surface area contributed by atoms with Gasteiger partial charge in [0, 0.05) is 17.7 Å². The van der Waals surface area contributed by atoms with Gasteiger partial charge in [-0.05, 0) is 30.7 Å². The number of hydrogen-bond donors (Lipinski definition) is 1. The van der Waals surface area contributed by atoms with E-state index in [-0.39, 0.29) is 12.2 Å². The number of likely N-dealkylation sites (N-methyl/N-ethyl adjacent to an activating group) is 1. The molecule has 0 unspecified atom stereocenters. The van der Waals surface area contributed by atoms with Crippen molar-refractivity contribution in [2.24, 2.45) is 4.99 Å². The maximum absolute atomic E-state index is 14.1. The third-order valence-electron chi connectivity index (χ3n) is 7.62. The maximum atomic E-state index is 14.1. The highest BCUT2D eigenvalue weighted by Gasteiger charge is 2.35. The highest BCUT2D eigenvalue weighted by molar-refractivity contribution is 7.07. The van der Waals surface area contributed by atoms with Gasteiger partial charge < -0.3 is 23.7 Å². The van der Waals surface area contributed by atoms with Gasteiger partial charge >= 0.3 is 5.97 Å². The van der Waals surface area contributed by atoms with E-state index >= 15 is 0 Å². The van der Waals surface area contributed by atoms with E-state index in [0.717, 1.165) is 43.2 Å². The van der Waals surface area contributed by atoms with Crippen molar-refractivity contribution in [3.05, 3.63) is 109 Å². The van der Waals surface area contributed by atoms with Crippen LogP contribution in [0.4, 0.5) is 5.88 Å². The third-order valence-corrected chi connectivity index (χ3v) is 8.60. The molecule has 216 valence electrons. The van der Waals surface area contributed by atoms with Crippen molar-refractivity contribution in [3.8, 4) is 5.75 Å². The van der Waals surface area contributed by atoms with E-state index in [1.54, 1.807) is 24.7 Å². The molecule has 0 spiro atoms. The summed E-state index contributed by atoms with van der Waals surface area (Å²) in [6, 6.07) is 20.0. The number of carbonyl (C=O) groups excluding carboxylic acids is 1. The van der Waals surface area contributed by atoms with Crippen LogP contribution < -0.4 is 29.4 Å². The monoisotopic (exact) mass is 585 g/mol. The first-order chi connectivity index (χ1) is 20.5. The topological polar surface area (TPSA) is 90.7 Å². The number of nitrogens with one attached hydrogen (secondary N) is 1. The molecule has 0 bridgehead atoms. The SMILES string of the molecule is CCOC(=O)C1=C(c2ccccc2)N=c2s/c(=C/c3ccc(N4CC[NH+](C)CC4)o3)c(=O)n2[C@@H]1c1ccc(OC)cc1. The normalized spacial score (nSPS) is 17.6. The van der Waals surface area contributed by atoms with Gasteiger partial charge in [-0.2, -0.15) is 0 Å². The lowest BCUT2D eigenvalue weighted by atomic mass is 9.93. The molecule has 4 aromatic rings. The summed E-state index contributed by atoms with van der Waals surface area (Å²) in [5, 5.41) is 0. The van der Waals surface area contributed by atoms with Gasteiger partial charge in [-0.15, -0.1) is 0 Å². The Kier molecular flexibility index (Phi) is 7.82. The molecule has 9 nitrogen and oxygen atoms in total. The number of esters is 1. The van der Waals surface area contributed by atoms with Crippen LogP contribution in [0.2, 0.25) is 0 Å². The minimum atomic E-state index is -0.747. The molecule has 1 saturated heterocycles. The predicted molar refractivity (Wildman–Crippen MR) is 162 cm³/mol. The first kappa shape index (κ1) is 27.7. The quantitative estimate of drug-likeness (QED) is 0.333. The molecule has 0 radical (unpaired) electrons. The van der Waals surface area contributed by atoms with Crippen LogP contribution >= 0.6 is 11.3 Å². The number of anilines is 1. The average molecular weight is 586 g/mol. The second kappa shape index (κ2) is 11.8. The number of methoxy groups -OCH3 is 1. The number of rotatable bonds is 7. The summed E-state index contributed by atoms with van der Waals surface area (Å²) in [4.78, 5) is 36.8. The molecule has 2 aliphatic rings. The Morgan fingerprint density at radius 3 is 2.52 bits per heavy atom. The molecule has 1 atom stereocenters. The minimum Gasteiger partial charge on any atom is -0.497 e. The molecule has 1 fully saturated rings. The fourth-order valence-electron chi connectivity index (χ4n) is 5.37. The Balaban J connectivity index is 1.51. The Morgan fingerprint density at radius 1 is 1.10 bits per heavy atom. The summed E-state index contributed by atoms with van der Waals surface area (Å²) in [6.07, 6.45) is 1.76. The van der Waals surface area contributed by atoms with Crippen LogP contribution in [-0.4, -0.2) is 57.5 Å². The zero-order chi connectivity index (χ0) is 29.2. The summed E-state index contributed by atoms with van der Waals surface area (Å²) in [5.74, 6) is 1.55. The molecule has 6 rings (SSSR count). The second-order valence-electron chi connectivity index (χ2n) is 10.3. The van der Waals surface area contributed by atoms with E-state index in [4.69, 9.17) is 18.9 Å². The standard InChI is InChI=1S/C32H32N4O5S/c1-4-40-31(38)27-28(21-8-6-5-7-9-21)33-32-36(29(27)22-10-12-23(39-3)13-11-22)30(37)25(42-32)20-24-14-15-26(41-24)35-18-16-34(2)17-19-35/h5-15,20,29H,4,16-19H2,1-3H3/p+1/b25-20+/t29-/m1/s1. The Bertz CT molecular complexity index is 1800. The molecule has 2 aliphatic heterocycles. The molecule has 0 aliphatic carbocycles. The lowest BCUT2D eigenvalue weighted by molar-refractivity contribution is -0.880. The zero-order valence-electron chi connectivity index (χ0n) is 23.8. The van der Waals surface area contributed by atoms with Crippen molar-refractivity contribution >= 4 is 35.0 Å². The summed E-state index contributed by atoms with van der Waals surface area (Å²) in [6.45, 7) is 5.89. The van der Waals surface area contributed by atoms with Crippen LogP contribution in [0.3, 0.4) is 0 Å². The first-order valence-corrected chi connectivity index (χ1v) is 14.9. The highest BCUT2D eigenvalue weighted by Crippen LogP contribution is 2.35. The van der Waals surface area contributed by atoms with Crippen LogP contribution in [0, 0.1) is 0 Å². The van der Waals surface area contributed by atoms with E-state index in [2.05, 4.69) is 11.9 Å². The van der Waals surface area contributed by atoms with Crippen molar-refractivity contribution < 1.29 is 23.6 Å². The number of nitrogens with zero attached hydrogens (tertiary/aromatic N) is 3. The molecule has 42 heavy (non-hydrogen) atoms. The molecule has 0 saturated carbocycles. The van der Waals surface area contributed by atoms with E-state index in [9.17, 15) is 9.59 Å². The van der Waals surface area contributed by atoms with Gasteiger partial charge in [0.1, 0.15) is 11.5 Å². The van der Waals surface area contributed by atoms with Gasteiger partial charge in [-0.3, -0.25) is 9.36 Å². The van der Waals surface area contributed by atoms with Gasteiger partial charge in [0.15, 0.2) is 10.7 Å². The lowest BCUT2D eigenvalue weighted by Gasteiger charge is -2.29. The molecule has 4 heterocycles. The number of hydrogen-bond acceptors (Lipinski definition) is 8. The summed E-state index contributed by atoms with van der Waals surface area (Å²) in [5.41, 5.74) is 2.05. The number of ether oxygens (including phenoxy) is 2. The smallest absolute Gasteiger partial charge is 0.338 e. The van der Waals surface area contributed by atoms with Crippen molar-refractivity contribution in [1.82, 2.24) is 4.57 Å². The van der Waals surface area contributed by atoms with Crippen LogP contribution in [-0.2, 0) is 9.53 Å². The van der Waals surface area contributed by atoms with Gasteiger partial charge in [-0.25, -0.2) is 9.79 Å². The van der Waals surface area contributed by atoms with E-state index < -0.39 is 12.0 Å². The Morgan fingerprint density at radius 2 is 1.83 bits per heavy atom. The van der Waals surface area contributed by atoms with Crippen LogP contribution in [0.25, 0.3) is 11.8 Å². The predicted octanol–water partition coefficient (Wildman–Crippen LogP) is 1.87. The number of furan rings is 1. The van der Waals surface area contributed by atoms with E-state index in [1.165, 1.54) is 16.2 Å². The van der Waals surface area contributed by atoms with E-state index in [0.29, 0.717) is 32.1 Å². The molecule has 2 aromatic heterocycles. The van der Waals surface area contributed by atoms with Gasteiger partial charge in [-0.1, -0.05) is 53.8 Å². The van der Waals surface area contributed by atoms with E-state index in [1.807, 2.05) is 66.7 Å². The summed E-state index contributed by atoms with van der Waals surface area (Å²) in [7, 11) is 3.79. The second-order valence-corrected chi connectivity index (χ2v) is 11.3. The molecule has 2 aromatic carbocycles. The van der Waals surface area contributed by atoms with Crippen molar-refractivity contribution in [1.29, 1.82) is 0 Å². The van der Waals surface area contributed by atoms with Crippen LogP contribution in [0.15, 0.2) is 86.5 Å². The van der Waals surface area contributed by atoms with Gasteiger partial charge in [0.05, 0.1) is 68.8 Å². The van der Waals surface area contributed by atoms with Gasteiger partial charge in [0.25, 0.3) is 5.56 Å². The first-order valence-electron chi connectivity index (χ1n) is 14.1. The average Bonchev–Trinajstić information content (AvgIpc) is 3.61. The van der Waals surface area contributed by atoms with Crippen LogP contribution in [0.1, 0.15) is 29.9 Å². The number of quaternary nitrogens is 1. The number of piperazine rings is 1. The van der Waals surface area contributed by atoms with Crippen LogP contribution in [0.5, 0.6) is 5.75 Å². The molecule has 0 amide bonds. The van der Waals surface area contributed by atoms with Crippen molar-refractivity contribution in [2.45, 2.75) is 13.0 Å². The zero-order valence-corrected chi connectivity index (χ0v) is 24.6. The highest BCUT2D eigenvalue weighted by atomic mass is 32.1. The summed E-state index contributed by atoms with van der Waals surface area (Å²) < 4.78 is 19.1. The number of aromatic nitrogens is 1. The molecular formula is C32H33N4O5S+. The number of fused-ring (bicyclic) bond motifs is 1. The number of thiazole rings is 1. The molecule has 1 N–H and O–H groups in total. The van der Waals surface area contributed by atoms with Crippen molar-refractivity contribution in [2.75, 3.05) is 51.8 Å². The maximum Gasteiger partial charge on any atom is 0.338 e. The largest absolute Gasteiger partial charge is 0.497 e. The molecule has 10 heteroatoms. The van der Waals surface area contributed by atoms with Crippen molar-refractivity contribution in [3.63, 3.8) is 0 Å².